The molecule has 38 heavy (non-hydrogen) atoms. The molecule has 1 spiro atoms. The largest absolute Gasteiger partial charge is 0.471 e. The number of aromatic nitrogens is 2. The van der Waals surface area contributed by atoms with Crippen LogP contribution in [0.2, 0.25) is 0 Å². The van der Waals surface area contributed by atoms with Crippen molar-refractivity contribution in [3.63, 3.8) is 0 Å². The zero-order valence-electron chi connectivity index (χ0n) is 22.2. The van der Waals surface area contributed by atoms with Crippen molar-refractivity contribution in [1.29, 1.82) is 0 Å². The van der Waals surface area contributed by atoms with Crippen molar-refractivity contribution in [1.82, 2.24) is 15.3 Å². The van der Waals surface area contributed by atoms with E-state index in [-0.39, 0.29) is 41.7 Å². The normalized spacial score (nSPS) is 19.6. The lowest BCUT2D eigenvalue weighted by atomic mass is 9.73. The van der Waals surface area contributed by atoms with E-state index in [1.165, 1.54) is 16.9 Å². The minimum atomic E-state index is -0.836. The van der Waals surface area contributed by atoms with Crippen LogP contribution in [-0.4, -0.2) is 39.4 Å². The summed E-state index contributed by atoms with van der Waals surface area (Å²) in [5.41, 5.74) is 9.53. The SMILES string of the molecule is CC(C)(C)Cc1cnc2c(c1)[C@@H](NC[C@@H](O)[C@@H](N)Cc1cccc(-c3nccs3)c1F)CC1(CCC1)O2.Cl. The Morgan fingerprint density at radius 1 is 1.29 bits per heavy atom. The van der Waals surface area contributed by atoms with Crippen LogP contribution >= 0.6 is 23.7 Å². The predicted molar refractivity (Wildman–Crippen MR) is 152 cm³/mol. The van der Waals surface area contributed by atoms with Gasteiger partial charge in [0.05, 0.1) is 6.10 Å². The lowest BCUT2D eigenvalue weighted by Crippen LogP contribution is -2.51. The van der Waals surface area contributed by atoms with Crippen LogP contribution in [0.5, 0.6) is 5.88 Å². The van der Waals surface area contributed by atoms with E-state index in [0.29, 0.717) is 28.6 Å². The molecule has 1 fully saturated rings. The summed E-state index contributed by atoms with van der Waals surface area (Å²) >= 11 is 1.40. The van der Waals surface area contributed by atoms with Crippen LogP contribution in [0, 0.1) is 11.2 Å². The maximum absolute atomic E-state index is 15.2. The lowest BCUT2D eigenvalue weighted by molar-refractivity contribution is -0.0420. The van der Waals surface area contributed by atoms with Gasteiger partial charge >= 0.3 is 0 Å². The molecule has 206 valence electrons. The Balaban J connectivity index is 0.00000336. The number of hydrogen-bond donors (Lipinski definition) is 3. The van der Waals surface area contributed by atoms with Gasteiger partial charge in [0.1, 0.15) is 16.4 Å². The predicted octanol–water partition coefficient (Wildman–Crippen LogP) is 5.62. The van der Waals surface area contributed by atoms with Crippen LogP contribution in [0.3, 0.4) is 0 Å². The molecule has 1 aliphatic heterocycles. The standard InChI is InChI=1S/C29H37FN4O2S.ClH/c1-28(2,3)14-18-12-21-23(15-29(8-5-9-29)36-26(21)34-16-18)33-17-24(35)22(31)13-19-6-4-7-20(25(19)30)27-32-10-11-37-27;/h4,6-7,10-12,16,22-24,33,35H,5,8-9,13-15,17,31H2,1-3H3;1H/t22-,23-,24+;/m0./s1. The maximum Gasteiger partial charge on any atom is 0.218 e. The Morgan fingerprint density at radius 3 is 2.74 bits per heavy atom. The van der Waals surface area contributed by atoms with Crippen molar-refractivity contribution >= 4 is 23.7 Å². The number of benzene rings is 1. The van der Waals surface area contributed by atoms with Gasteiger partial charge in [0.15, 0.2) is 0 Å². The lowest BCUT2D eigenvalue weighted by Gasteiger charge is -2.47. The average molecular weight is 561 g/mol. The highest BCUT2D eigenvalue weighted by atomic mass is 35.5. The molecule has 3 aromatic rings. The van der Waals surface area contributed by atoms with E-state index >= 15 is 4.39 Å². The molecule has 5 rings (SSSR count). The first kappa shape index (κ1) is 28.9. The summed E-state index contributed by atoms with van der Waals surface area (Å²) in [5.74, 6) is 0.372. The van der Waals surface area contributed by atoms with Gasteiger partial charge in [0, 0.05) is 53.9 Å². The number of halogens is 2. The number of hydrogen-bond acceptors (Lipinski definition) is 7. The number of rotatable bonds is 8. The van der Waals surface area contributed by atoms with E-state index in [2.05, 4.69) is 37.1 Å². The topological polar surface area (TPSA) is 93.3 Å². The van der Waals surface area contributed by atoms with E-state index in [9.17, 15) is 5.11 Å². The third-order valence-electron chi connectivity index (χ3n) is 7.46. The number of nitrogens with two attached hydrogens (primary N) is 1. The molecular formula is C29H38ClFN4O2S. The van der Waals surface area contributed by atoms with E-state index in [1.54, 1.807) is 18.3 Å². The van der Waals surface area contributed by atoms with Gasteiger partial charge in [-0.3, -0.25) is 0 Å². The highest BCUT2D eigenvalue weighted by molar-refractivity contribution is 7.13. The van der Waals surface area contributed by atoms with Crippen LogP contribution in [0.1, 0.15) is 69.2 Å². The molecule has 0 bridgehead atoms. The monoisotopic (exact) mass is 560 g/mol. The average Bonchev–Trinajstić information content (AvgIpc) is 3.36. The molecule has 6 nitrogen and oxygen atoms in total. The highest BCUT2D eigenvalue weighted by Gasteiger charge is 2.46. The number of nitrogens with one attached hydrogen (secondary N) is 1. The fourth-order valence-electron chi connectivity index (χ4n) is 5.41. The Morgan fingerprint density at radius 2 is 2.08 bits per heavy atom. The second-order valence-electron chi connectivity index (χ2n) is 11.8. The molecule has 1 aromatic carbocycles. The molecule has 1 aliphatic carbocycles. The summed E-state index contributed by atoms with van der Waals surface area (Å²) < 4.78 is 21.6. The second-order valence-corrected chi connectivity index (χ2v) is 12.7. The molecule has 9 heteroatoms. The summed E-state index contributed by atoms with van der Waals surface area (Å²) in [4.78, 5) is 8.92. The van der Waals surface area contributed by atoms with Gasteiger partial charge in [0.25, 0.3) is 0 Å². The van der Waals surface area contributed by atoms with Gasteiger partial charge in [-0.2, -0.15) is 0 Å². The molecule has 3 heterocycles. The van der Waals surface area contributed by atoms with Crippen molar-refractivity contribution in [2.75, 3.05) is 6.54 Å². The van der Waals surface area contributed by atoms with Crippen molar-refractivity contribution in [2.45, 2.75) is 83.1 Å². The van der Waals surface area contributed by atoms with Crippen LogP contribution < -0.4 is 15.8 Å². The van der Waals surface area contributed by atoms with Gasteiger partial charge in [-0.1, -0.05) is 32.9 Å². The van der Waals surface area contributed by atoms with Crippen LogP contribution in [0.25, 0.3) is 10.6 Å². The Hall–Kier alpha value is -2.10. The van der Waals surface area contributed by atoms with E-state index in [1.807, 2.05) is 17.6 Å². The third kappa shape index (κ3) is 6.37. The van der Waals surface area contributed by atoms with E-state index < -0.39 is 12.1 Å². The molecule has 0 radical (unpaired) electrons. The van der Waals surface area contributed by atoms with Crippen molar-refractivity contribution < 1.29 is 14.2 Å². The highest BCUT2D eigenvalue weighted by Crippen LogP contribution is 2.48. The number of thiazole rings is 1. The fourth-order valence-corrected chi connectivity index (χ4v) is 6.07. The number of nitrogens with zero attached hydrogens (tertiary/aromatic N) is 2. The molecule has 3 atom stereocenters. The van der Waals surface area contributed by atoms with Gasteiger partial charge in [-0.05, 0) is 60.8 Å². The number of pyridine rings is 1. The van der Waals surface area contributed by atoms with Gasteiger partial charge in [-0.15, -0.1) is 23.7 Å². The van der Waals surface area contributed by atoms with Gasteiger partial charge < -0.3 is 20.9 Å². The summed E-state index contributed by atoms with van der Waals surface area (Å²) in [6, 6.07) is 6.86. The Kier molecular flexibility index (Phi) is 8.79. The second kappa shape index (κ2) is 11.6. The minimum Gasteiger partial charge on any atom is -0.471 e. The molecular weight excluding hydrogens is 523 g/mol. The first-order chi connectivity index (χ1) is 17.6. The Bertz CT molecular complexity index is 1230. The first-order valence-corrected chi connectivity index (χ1v) is 14.0. The van der Waals surface area contributed by atoms with Gasteiger partial charge in [-0.25, -0.2) is 14.4 Å². The molecule has 2 aromatic heterocycles. The Labute approximate surface area is 234 Å². The van der Waals surface area contributed by atoms with Crippen LogP contribution in [0.4, 0.5) is 4.39 Å². The number of fused-ring (bicyclic) bond motifs is 1. The van der Waals surface area contributed by atoms with Crippen LogP contribution in [0.15, 0.2) is 42.0 Å². The number of aliphatic hydroxyl groups excluding tert-OH is 1. The van der Waals surface area contributed by atoms with Crippen LogP contribution in [-0.2, 0) is 12.8 Å². The third-order valence-corrected chi connectivity index (χ3v) is 8.27. The molecule has 0 amide bonds. The smallest absolute Gasteiger partial charge is 0.218 e. The summed E-state index contributed by atoms with van der Waals surface area (Å²) in [7, 11) is 0. The van der Waals surface area contributed by atoms with Gasteiger partial charge in [0.2, 0.25) is 5.88 Å². The zero-order chi connectivity index (χ0) is 26.2. The summed E-state index contributed by atoms with van der Waals surface area (Å²) in [5, 5.41) is 17.0. The molecule has 2 aliphatic rings. The van der Waals surface area contributed by atoms with E-state index in [0.717, 1.165) is 37.7 Å². The quantitative estimate of drug-likeness (QED) is 0.331. The van der Waals surface area contributed by atoms with Crippen molar-refractivity contribution in [3.8, 4) is 16.5 Å². The molecule has 4 N–H and O–H groups in total. The summed E-state index contributed by atoms with van der Waals surface area (Å²) in [6.07, 6.45) is 7.95. The zero-order valence-corrected chi connectivity index (χ0v) is 23.9. The van der Waals surface area contributed by atoms with Crippen molar-refractivity contribution in [3.05, 3.63) is 64.5 Å². The number of ether oxygens (including phenoxy) is 1. The fraction of sp³-hybridized carbons (Fsp3) is 0.517. The maximum atomic E-state index is 15.2. The molecule has 0 unspecified atom stereocenters. The first-order valence-electron chi connectivity index (χ1n) is 13.1. The van der Waals surface area contributed by atoms with E-state index in [4.69, 9.17) is 15.5 Å². The molecule has 1 saturated carbocycles. The minimum absolute atomic E-state index is 0. The van der Waals surface area contributed by atoms with Crippen molar-refractivity contribution in [2.24, 2.45) is 11.1 Å². The summed E-state index contributed by atoms with van der Waals surface area (Å²) in [6.45, 7) is 6.96. The number of aliphatic hydroxyl groups is 1. The molecule has 0 saturated heterocycles.